The lowest BCUT2D eigenvalue weighted by atomic mass is 9.88. The summed E-state index contributed by atoms with van der Waals surface area (Å²) in [5.41, 5.74) is 2.59. The van der Waals surface area contributed by atoms with Gasteiger partial charge in [-0.2, -0.15) is 26.3 Å². The van der Waals surface area contributed by atoms with Crippen LogP contribution < -0.4 is 9.47 Å². The number of aromatic amines is 1. The van der Waals surface area contributed by atoms with Crippen molar-refractivity contribution in [3.8, 4) is 11.5 Å². The first-order chi connectivity index (χ1) is 25.4. The molecular weight excluding hydrogens is 717 g/mol. The number of methoxy groups -OCH3 is 2. The monoisotopic (exact) mass is 757 g/mol. The number of nitrogens with zero attached hydrogens (tertiary/aromatic N) is 3. The average Bonchev–Trinajstić information content (AvgIpc) is 3.77. The highest BCUT2D eigenvalue weighted by Gasteiger charge is 2.45. The Balaban J connectivity index is 0.000000225. The first-order valence-corrected chi connectivity index (χ1v) is 16.4. The summed E-state index contributed by atoms with van der Waals surface area (Å²) in [4.78, 5) is 52.8. The van der Waals surface area contributed by atoms with Gasteiger partial charge in [-0.25, -0.2) is 0 Å². The first-order valence-electron chi connectivity index (χ1n) is 17.1. The molecule has 2 aromatic carbocycles. The Morgan fingerprint density at radius 1 is 0.736 bits per heavy atom. The van der Waals surface area contributed by atoms with Gasteiger partial charge in [-0.15, -0.1) is 0 Å². The van der Waals surface area contributed by atoms with Gasteiger partial charge in [-0.3, -0.25) is 23.6 Å². The Kier molecular flexibility index (Phi) is 12.3. The summed E-state index contributed by atoms with van der Waals surface area (Å²) >= 11 is 0. The number of ether oxygens (including phenoxy) is 2. The molecule has 17 heteroatoms. The second kappa shape index (κ2) is 16.7. The first kappa shape index (κ1) is 39.1. The summed E-state index contributed by atoms with van der Waals surface area (Å²) in [6, 6.07) is 10.7. The maximum absolute atomic E-state index is 12.9. The van der Waals surface area contributed by atoms with Gasteiger partial charge in [0.25, 0.3) is 0 Å². The van der Waals surface area contributed by atoms with Gasteiger partial charge in [0.05, 0.1) is 39.4 Å². The van der Waals surface area contributed by atoms with Crippen molar-refractivity contribution in [2.24, 2.45) is 18.9 Å². The van der Waals surface area contributed by atoms with Crippen LogP contribution in [-0.4, -0.2) is 103 Å². The molecule has 2 fully saturated rings. The number of ketones is 2. The lowest BCUT2D eigenvalue weighted by molar-refractivity contribution is -0.186. The van der Waals surface area contributed by atoms with Gasteiger partial charge in [-0.1, -0.05) is 0 Å². The zero-order valence-corrected chi connectivity index (χ0v) is 29.1. The van der Waals surface area contributed by atoms with Crippen LogP contribution in [0.1, 0.15) is 47.8 Å². The number of aryl methyl sites for hydroxylation is 1. The quantitative estimate of drug-likeness (QED) is 0.169. The molecule has 6 rings (SSSR count). The van der Waals surface area contributed by atoms with E-state index in [0.717, 1.165) is 31.6 Å². The van der Waals surface area contributed by atoms with Crippen molar-refractivity contribution in [2.45, 2.75) is 38.0 Å². The number of carbonyl (C=O) groups excluding carboxylic acids is 4. The zero-order valence-electron chi connectivity index (χ0n) is 30.1. The minimum Gasteiger partial charge on any atom is -0.496 e. The van der Waals surface area contributed by atoms with Crippen molar-refractivity contribution in [1.29, 1.82) is 0 Å². The molecule has 4 heterocycles. The van der Waals surface area contributed by atoms with Crippen LogP contribution in [0.15, 0.2) is 48.8 Å². The highest BCUT2D eigenvalue weighted by Crippen LogP contribution is 2.33. The second-order valence-electron chi connectivity index (χ2n) is 12.5. The standard InChI is InChI=1S/C18H19F3N2O3.C17H17F3N2O3.CH3F/c1-22-6-3-12-9-13(15(26-2)10-14(12)22)16(24)11-4-7-23(8-5-11)17(25)18(19,20)21;1-25-14-9-13-11(2-5-21-13)8-12(14)15(23)10-3-6-22(7-4-10)16(24)17(18,19)20;1-2/h3,6,9-11H,4-5,7-8H2,1-2H3;2,5,8-10,21H,3-4,6-7H2,1H3;1H3/i;;1D. The lowest BCUT2D eigenvalue weighted by Gasteiger charge is -2.31. The van der Waals surface area contributed by atoms with Crippen molar-refractivity contribution in [3.05, 3.63) is 59.9 Å². The van der Waals surface area contributed by atoms with Crippen LogP contribution in [0.2, 0.25) is 0 Å². The molecule has 1 N–H and O–H groups in total. The van der Waals surface area contributed by atoms with Crippen molar-refractivity contribution < 1.29 is 60.8 Å². The summed E-state index contributed by atoms with van der Waals surface area (Å²) < 4.78 is 103. The minimum atomic E-state index is -4.88. The number of nitrogens with one attached hydrogen (secondary N) is 1. The summed E-state index contributed by atoms with van der Waals surface area (Å²) in [6.45, 7) is -0.317. The van der Waals surface area contributed by atoms with Crippen LogP contribution in [-0.2, 0) is 16.6 Å². The molecule has 2 saturated heterocycles. The maximum atomic E-state index is 12.9. The molecule has 2 aromatic heterocycles. The number of likely N-dealkylation sites (tertiary alicyclic amines) is 2. The Morgan fingerprint density at radius 2 is 1.17 bits per heavy atom. The van der Waals surface area contributed by atoms with Crippen LogP contribution in [0.25, 0.3) is 21.8 Å². The number of H-pyrrole nitrogens is 1. The number of piperidine rings is 2. The third kappa shape index (κ3) is 9.11. The van der Waals surface area contributed by atoms with Crippen LogP contribution >= 0.6 is 0 Å². The van der Waals surface area contributed by atoms with Crippen molar-refractivity contribution in [2.75, 3.05) is 47.6 Å². The topological polar surface area (TPSA) is 114 Å². The number of amides is 2. The lowest BCUT2D eigenvalue weighted by Crippen LogP contribution is -2.46. The molecular formula is C36H39F7N4O6. The van der Waals surface area contributed by atoms with E-state index in [1.807, 2.05) is 29.9 Å². The van der Waals surface area contributed by atoms with E-state index in [2.05, 4.69) is 4.98 Å². The summed E-state index contributed by atoms with van der Waals surface area (Å²) in [5.74, 6) is -4.00. The number of benzene rings is 2. The third-order valence-electron chi connectivity index (χ3n) is 9.40. The fourth-order valence-electron chi connectivity index (χ4n) is 6.59. The highest BCUT2D eigenvalue weighted by atomic mass is 19.4. The number of rotatable bonds is 6. The molecule has 2 amide bonds. The molecule has 0 spiro atoms. The Morgan fingerprint density at radius 3 is 1.60 bits per heavy atom. The highest BCUT2D eigenvalue weighted by molar-refractivity contribution is 6.05. The molecule has 288 valence electrons. The normalized spacial score (nSPS) is 15.9. The van der Waals surface area contributed by atoms with Gasteiger partial charge in [0.2, 0.25) is 0 Å². The van der Waals surface area contributed by atoms with Gasteiger partial charge in [-0.05, 0) is 49.9 Å². The number of fused-ring (bicyclic) bond motifs is 2. The Labute approximate surface area is 301 Å². The smallest absolute Gasteiger partial charge is 0.471 e. The van der Waals surface area contributed by atoms with Crippen LogP contribution in [0.4, 0.5) is 30.7 Å². The molecule has 2 aliphatic rings. The molecule has 2 aliphatic heterocycles. The maximum Gasteiger partial charge on any atom is 0.471 e. The fraction of sp³-hybridized carbons (Fsp3) is 0.444. The largest absolute Gasteiger partial charge is 0.496 e. The van der Waals surface area contributed by atoms with Crippen LogP contribution in [0.3, 0.4) is 0 Å². The molecule has 0 unspecified atom stereocenters. The predicted octanol–water partition coefficient (Wildman–Crippen LogP) is 6.92. The number of Topliss-reactive ketones (excluding diaryl/α,β-unsaturated/α-hetero) is 2. The van der Waals surface area contributed by atoms with Crippen molar-refractivity contribution in [1.82, 2.24) is 19.4 Å². The zero-order chi connectivity index (χ0) is 40.0. The molecule has 4 aromatic rings. The number of halogens is 7. The van der Waals surface area contributed by atoms with E-state index in [4.69, 9.17) is 10.8 Å². The predicted molar refractivity (Wildman–Crippen MR) is 181 cm³/mol. The van der Waals surface area contributed by atoms with E-state index in [1.54, 1.807) is 30.5 Å². The molecule has 0 atom stereocenters. The SMILES string of the molecule is COc1cc2[nH]ccc2cc1C(=O)C1CCN(C(=O)C(F)(F)F)CC1.COc1cc2c(ccn2C)cc1C(=O)C1CCN(C(=O)C(F)(F)F)CC1.[2H]CF. The van der Waals surface area contributed by atoms with Gasteiger partial charge >= 0.3 is 24.2 Å². The van der Waals surface area contributed by atoms with E-state index < -0.39 is 43.2 Å². The number of aromatic nitrogens is 2. The Bertz CT molecular complexity index is 1960. The summed E-state index contributed by atoms with van der Waals surface area (Å²) in [5, 5.41) is 1.75. The van der Waals surface area contributed by atoms with Crippen molar-refractivity contribution >= 4 is 45.2 Å². The molecule has 0 bridgehead atoms. The number of hydrogen-bond donors (Lipinski definition) is 1. The minimum absolute atomic E-state index is 0.0787. The van der Waals surface area contributed by atoms with Gasteiger partial charge < -0.3 is 28.8 Å². The van der Waals surface area contributed by atoms with E-state index >= 15 is 0 Å². The second-order valence-corrected chi connectivity index (χ2v) is 12.5. The van der Waals surface area contributed by atoms with E-state index in [9.17, 15) is 49.9 Å². The summed E-state index contributed by atoms with van der Waals surface area (Å²) in [6.07, 6.45) is -5.31. The molecule has 53 heavy (non-hydrogen) atoms. The Hall–Kier alpha value is -5.09. The van der Waals surface area contributed by atoms with Crippen LogP contribution in [0, 0.1) is 11.8 Å². The molecule has 10 nitrogen and oxygen atoms in total. The number of alkyl halides is 7. The molecule has 0 radical (unpaired) electrons. The fourth-order valence-corrected chi connectivity index (χ4v) is 6.59. The van der Waals surface area contributed by atoms with E-state index in [1.165, 1.54) is 14.2 Å². The number of hydrogen-bond acceptors (Lipinski definition) is 6. The van der Waals surface area contributed by atoms with Crippen LogP contribution in [0.5, 0.6) is 11.5 Å². The van der Waals surface area contributed by atoms with E-state index in [-0.39, 0.29) is 63.4 Å². The number of carbonyl (C=O) groups is 4. The van der Waals surface area contributed by atoms with Crippen molar-refractivity contribution in [3.63, 3.8) is 0 Å². The average molecular weight is 758 g/mol. The third-order valence-corrected chi connectivity index (χ3v) is 9.40. The molecule has 0 aliphatic carbocycles. The van der Waals surface area contributed by atoms with Gasteiger partial charge in [0.1, 0.15) is 11.5 Å². The molecule has 0 saturated carbocycles. The van der Waals surface area contributed by atoms with Gasteiger partial charge in [0, 0.05) is 85.9 Å². The van der Waals surface area contributed by atoms with Gasteiger partial charge in [0.15, 0.2) is 11.6 Å². The van der Waals surface area contributed by atoms with E-state index in [0.29, 0.717) is 22.6 Å². The summed E-state index contributed by atoms with van der Waals surface area (Å²) in [7, 11) is 3.83.